The first-order valence-corrected chi connectivity index (χ1v) is 10.4. The summed E-state index contributed by atoms with van der Waals surface area (Å²) < 4.78 is 64.4. The molecule has 0 aliphatic heterocycles. The predicted molar refractivity (Wildman–Crippen MR) is 95.3 cm³/mol. The van der Waals surface area contributed by atoms with Crippen molar-refractivity contribution in [1.82, 2.24) is 9.62 Å². The van der Waals surface area contributed by atoms with Crippen molar-refractivity contribution in [1.29, 1.82) is 0 Å². The van der Waals surface area contributed by atoms with Crippen LogP contribution >= 0.6 is 0 Å². The lowest BCUT2D eigenvalue weighted by molar-refractivity contribution is -0.137. The first-order valence-electron chi connectivity index (χ1n) is 8.99. The molecule has 1 aromatic rings. The topological polar surface area (TPSA) is 49.4 Å². The summed E-state index contributed by atoms with van der Waals surface area (Å²) in [6.07, 6.45) is -0.372. The van der Waals surface area contributed by atoms with Gasteiger partial charge in [0.25, 0.3) is 0 Å². The second kappa shape index (κ2) is 8.71. The van der Waals surface area contributed by atoms with Crippen molar-refractivity contribution in [3.8, 4) is 0 Å². The first kappa shape index (κ1) is 21.2. The summed E-state index contributed by atoms with van der Waals surface area (Å²) in [4.78, 5) is -0.103. The van der Waals surface area contributed by atoms with Gasteiger partial charge in [-0.15, -0.1) is 0 Å². The van der Waals surface area contributed by atoms with Crippen LogP contribution in [-0.4, -0.2) is 39.4 Å². The van der Waals surface area contributed by atoms with Crippen LogP contribution in [0.3, 0.4) is 0 Å². The Hall–Kier alpha value is -1.12. The number of hydrogen-bond acceptors (Lipinski definition) is 3. The largest absolute Gasteiger partial charge is 0.416 e. The van der Waals surface area contributed by atoms with E-state index in [1.807, 2.05) is 0 Å². The molecule has 0 atom stereocenters. The summed E-state index contributed by atoms with van der Waals surface area (Å²) in [5, 5.41) is 3.35. The maximum Gasteiger partial charge on any atom is 0.416 e. The highest BCUT2D eigenvalue weighted by molar-refractivity contribution is 7.89. The van der Waals surface area contributed by atoms with E-state index in [2.05, 4.69) is 12.2 Å². The molecular formula is C18H27F3N2O2S. The van der Waals surface area contributed by atoms with Crippen molar-refractivity contribution in [3.63, 3.8) is 0 Å². The molecule has 1 fully saturated rings. The molecule has 0 aromatic heterocycles. The molecule has 0 heterocycles. The monoisotopic (exact) mass is 392 g/mol. The fourth-order valence-corrected chi connectivity index (χ4v) is 4.67. The number of sulfonamides is 1. The molecule has 0 amide bonds. The van der Waals surface area contributed by atoms with Gasteiger partial charge in [-0.3, -0.25) is 0 Å². The van der Waals surface area contributed by atoms with Crippen LogP contribution in [0.4, 0.5) is 13.2 Å². The summed E-state index contributed by atoms with van der Waals surface area (Å²) in [7, 11) is -2.28. The standard InChI is InChI=1S/C18H27F3N2O2S/c1-3-22-12-14-4-6-15(7-5-14)13-23(2)26(24,25)17-10-8-16(9-11-17)18(19,20)21/h8-11,14-15,22H,3-7,12-13H2,1-2H3/t14-,15-. The zero-order valence-electron chi connectivity index (χ0n) is 15.2. The predicted octanol–water partition coefficient (Wildman–Crippen LogP) is 3.74. The molecule has 148 valence electrons. The Morgan fingerprint density at radius 1 is 1.08 bits per heavy atom. The molecule has 4 nitrogen and oxygen atoms in total. The van der Waals surface area contributed by atoms with E-state index in [9.17, 15) is 21.6 Å². The van der Waals surface area contributed by atoms with Gasteiger partial charge >= 0.3 is 6.18 Å². The van der Waals surface area contributed by atoms with Crippen LogP contribution < -0.4 is 5.32 Å². The van der Waals surface area contributed by atoms with E-state index in [0.29, 0.717) is 18.4 Å². The molecule has 0 saturated heterocycles. The third kappa shape index (κ3) is 5.44. The van der Waals surface area contributed by atoms with Crippen molar-refractivity contribution >= 4 is 10.0 Å². The van der Waals surface area contributed by atoms with Crippen molar-refractivity contribution in [2.75, 3.05) is 26.7 Å². The van der Waals surface area contributed by atoms with E-state index < -0.39 is 21.8 Å². The van der Waals surface area contributed by atoms with Crippen LogP contribution in [0, 0.1) is 11.8 Å². The maximum atomic E-state index is 12.6. The minimum absolute atomic E-state index is 0.103. The smallest absolute Gasteiger partial charge is 0.317 e. The van der Waals surface area contributed by atoms with E-state index in [0.717, 1.165) is 63.0 Å². The number of nitrogens with zero attached hydrogens (tertiary/aromatic N) is 1. The minimum Gasteiger partial charge on any atom is -0.317 e. The third-order valence-corrected chi connectivity index (χ3v) is 6.89. The molecule has 1 aliphatic rings. The molecule has 1 aromatic carbocycles. The zero-order chi connectivity index (χ0) is 19.4. The summed E-state index contributed by atoms with van der Waals surface area (Å²) in [5.74, 6) is 0.935. The first-order chi connectivity index (χ1) is 12.1. The lowest BCUT2D eigenvalue weighted by atomic mass is 9.82. The Bertz CT molecular complexity index is 667. The number of hydrogen-bond donors (Lipinski definition) is 1. The van der Waals surface area contributed by atoms with Gasteiger partial charge < -0.3 is 5.32 Å². The summed E-state index contributed by atoms with van der Waals surface area (Å²) in [6.45, 7) is 4.43. The van der Waals surface area contributed by atoms with Gasteiger partial charge in [0, 0.05) is 13.6 Å². The highest BCUT2D eigenvalue weighted by atomic mass is 32.2. The van der Waals surface area contributed by atoms with Crippen molar-refractivity contribution < 1.29 is 21.6 Å². The Labute approximate surface area is 153 Å². The SMILES string of the molecule is CCNC[C@H]1CC[C@H](CN(C)S(=O)(=O)c2ccc(C(F)(F)F)cc2)CC1. The van der Waals surface area contributed by atoms with E-state index >= 15 is 0 Å². The van der Waals surface area contributed by atoms with Gasteiger partial charge in [-0.25, -0.2) is 12.7 Å². The fraction of sp³-hybridized carbons (Fsp3) is 0.667. The van der Waals surface area contributed by atoms with Crippen LogP contribution in [0.25, 0.3) is 0 Å². The summed E-state index contributed by atoms with van der Waals surface area (Å²) in [5.41, 5.74) is -0.849. The molecular weight excluding hydrogens is 365 g/mol. The second-order valence-corrected chi connectivity index (χ2v) is 9.05. The maximum absolute atomic E-state index is 12.6. The highest BCUT2D eigenvalue weighted by Gasteiger charge is 2.32. The summed E-state index contributed by atoms with van der Waals surface area (Å²) in [6, 6.07) is 3.68. The molecule has 0 bridgehead atoms. The molecule has 0 radical (unpaired) electrons. The van der Waals surface area contributed by atoms with E-state index in [1.165, 1.54) is 11.4 Å². The molecule has 2 rings (SSSR count). The number of halogens is 3. The van der Waals surface area contributed by atoms with Crippen LogP contribution in [0.1, 0.15) is 38.2 Å². The highest BCUT2D eigenvalue weighted by Crippen LogP contribution is 2.32. The number of benzene rings is 1. The van der Waals surface area contributed by atoms with E-state index in [1.54, 1.807) is 0 Å². The Morgan fingerprint density at radius 2 is 1.62 bits per heavy atom. The average Bonchev–Trinajstić information content (AvgIpc) is 2.60. The molecule has 1 saturated carbocycles. The Morgan fingerprint density at radius 3 is 2.12 bits per heavy atom. The number of alkyl halides is 3. The van der Waals surface area contributed by atoms with Gasteiger partial charge in [-0.1, -0.05) is 6.92 Å². The van der Waals surface area contributed by atoms with Gasteiger partial charge in [0.05, 0.1) is 10.5 Å². The second-order valence-electron chi connectivity index (χ2n) is 7.00. The Balaban J connectivity index is 1.95. The zero-order valence-corrected chi connectivity index (χ0v) is 16.0. The lowest BCUT2D eigenvalue weighted by Gasteiger charge is -2.31. The average molecular weight is 392 g/mol. The van der Waals surface area contributed by atoms with Gasteiger partial charge in [0.1, 0.15) is 0 Å². The van der Waals surface area contributed by atoms with Crippen LogP contribution in [0.5, 0.6) is 0 Å². The fourth-order valence-electron chi connectivity index (χ4n) is 3.42. The minimum atomic E-state index is -4.47. The summed E-state index contributed by atoms with van der Waals surface area (Å²) >= 11 is 0. The van der Waals surface area contributed by atoms with E-state index in [-0.39, 0.29) is 4.90 Å². The number of rotatable bonds is 7. The quantitative estimate of drug-likeness (QED) is 0.769. The number of nitrogens with one attached hydrogen (secondary N) is 1. The third-order valence-electron chi connectivity index (χ3n) is 5.05. The lowest BCUT2D eigenvalue weighted by Crippen LogP contribution is -2.34. The Kier molecular flexibility index (Phi) is 7.10. The van der Waals surface area contributed by atoms with Crippen LogP contribution in [0.2, 0.25) is 0 Å². The normalized spacial score (nSPS) is 21.9. The molecule has 1 aliphatic carbocycles. The molecule has 0 unspecified atom stereocenters. The molecule has 0 spiro atoms. The van der Waals surface area contributed by atoms with E-state index in [4.69, 9.17) is 0 Å². The van der Waals surface area contributed by atoms with Crippen molar-refractivity contribution in [3.05, 3.63) is 29.8 Å². The van der Waals surface area contributed by atoms with Crippen LogP contribution in [-0.2, 0) is 16.2 Å². The van der Waals surface area contributed by atoms with Crippen molar-refractivity contribution in [2.45, 2.75) is 43.7 Å². The molecule has 1 N–H and O–H groups in total. The molecule has 26 heavy (non-hydrogen) atoms. The van der Waals surface area contributed by atoms with Gasteiger partial charge in [0.2, 0.25) is 10.0 Å². The molecule has 8 heteroatoms. The van der Waals surface area contributed by atoms with Gasteiger partial charge in [-0.05, 0) is 74.9 Å². The van der Waals surface area contributed by atoms with Crippen molar-refractivity contribution in [2.24, 2.45) is 11.8 Å². The van der Waals surface area contributed by atoms with Crippen LogP contribution in [0.15, 0.2) is 29.2 Å². The van der Waals surface area contributed by atoms with Gasteiger partial charge in [-0.2, -0.15) is 13.2 Å². The van der Waals surface area contributed by atoms with Gasteiger partial charge in [0.15, 0.2) is 0 Å².